The van der Waals surface area contributed by atoms with Gasteiger partial charge in [-0.3, -0.25) is 4.79 Å². The van der Waals surface area contributed by atoms with Gasteiger partial charge in [0.25, 0.3) is 5.91 Å². The zero-order valence-electron chi connectivity index (χ0n) is 10.8. The molecule has 19 heavy (non-hydrogen) atoms. The summed E-state index contributed by atoms with van der Waals surface area (Å²) in [7, 11) is 0. The first kappa shape index (κ1) is 13.1. The van der Waals surface area contributed by atoms with Gasteiger partial charge >= 0.3 is 0 Å². The van der Waals surface area contributed by atoms with Crippen LogP contribution in [0.3, 0.4) is 0 Å². The molecule has 4 nitrogen and oxygen atoms in total. The highest BCUT2D eigenvalue weighted by Crippen LogP contribution is 2.31. The number of nitrogens with zero attached hydrogens (tertiary/aromatic N) is 2. The molecule has 1 saturated carbocycles. The summed E-state index contributed by atoms with van der Waals surface area (Å²) in [5.74, 6) is 0.525. The molecule has 1 amide bonds. The molecule has 0 bridgehead atoms. The summed E-state index contributed by atoms with van der Waals surface area (Å²) >= 11 is 3.31. The van der Waals surface area contributed by atoms with Crippen molar-refractivity contribution in [3.05, 3.63) is 28.5 Å². The van der Waals surface area contributed by atoms with Crippen LogP contribution >= 0.6 is 15.9 Å². The van der Waals surface area contributed by atoms with Gasteiger partial charge in [0.1, 0.15) is 5.69 Å². The molecule has 0 aromatic carbocycles. The van der Waals surface area contributed by atoms with Crippen LogP contribution in [0.15, 0.2) is 22.8 Å². The van der Waals surface area contributed by atoms with Crippen LogP contribution in [0.25, 0.3) is 0 Å². The average Bonchev–Trinajstić information content (AvgIpc) is 3.16. The van der Waals surface area contributed by atoms with Crippen LogP contribution in [-0.2, 0) is 0 Å². The number of rotatable bonds is 4. The molecule has 1 aliphatic heterocycles. The first-order valence-electron chi connectivity index (χ1n) is 6.86. The maximum Gasteiger partial charge on any atom is 0.269 e. The first-order chi connectivity index (χ1) is 9.22. The van der Waals surface area contributed by atoms with E-state index in [2.05, 4.69) is 31.1 Å². The minimum atomic E-state index is -0.0719. The normalized spacial score (nSPS) is 23.5. The molecule has 0 spiro atoms. The Hall–Kier alpha value is -0.940. The van der Waals surface area contributed by atoms with Gasteiger partial charge in [0.05, 0.1) is 0 Å². The van der Waals surface area contributed by atoms with E-state index in [0.717, 1.165) is 23.6 Å². The van der Waals surface area contributed by atoms with Crippen molar-refractivity contribution in [2.45, 2.75) is 25.3 Å². The zero-order chi connectivity index (χ0) is 13.2. The van der Waals surface area contributed by atoms with Crippen molar-refractivity contribution in [1.29, 1.82) is 0 Å². The Balaban J connectivity index is 1.46. The summed E-state index contributed by atoms with van der Waals surface area (Å²) in [6.07, 6.45) is 5.58. The maximum absolute atomic E-state index is 11.9. The monoisotopic (exact) mass is 323 g/mol. The number of carbonyl (C=O) groups excluding carboxylic acids is 1. The van der Waals surface area contributed by atoms with Crippen molar-refractivity contribution in [2.75, 3.05) is 19.6 Å². The lowest BCUT2D eigenvalue weighted by Crippen LogP contribution is -2.31. The van der Waals surface area contributed by atoms with Gasteiger partial charge in [0.2, 0.25) is 0 Å². The Bertz CT molecular complexity index is 458. The second kappa shape index (κ2) is 5.59. The van der Waals surface area contributed by atoms with Crippen LogP contribution in [0.1, 0.15) is 29.8 Å². The number of nitrogens with one attached hydrogen (secondary N) is 1. The summed E-state index contributed by atoms with van der Waals surface area (Å²) in [5.41, 5.74) is 0.486. The van der Waals surface area contributed by atoms with Crippen molar-refractivity contribution >= 4 is 21.8 Å². The third-order valence-electron chi connectivity index (χ3n) is 3.89. The lowest BCUT2D eigenvalue weighted by Gasteiger charge is -2.15. The quantitative estimate of drug-likeness (QED) is 0.922. The van der Waals surface area contributed by atoms with E-state index in [4.69, 9.17) is 0 Å². The predicted octanol–water partition coefficient (Wildman–Crippen LogP) is 2.06. The number of carbonyl (C=O) groups is 1. The fourth-order valence-corrected chi connectivity index (χ4v) is 2.87. The van der Waals surface area contributed by atoms with Gasteiger partial charge in [-0.2, -0.15) is 0 Å². The van der Waals surface area contributed by atoms with Gasteiger partial charge in [0, 0.05) is 29.8 Å². The Kier molecular flexibility index (Phi) is 3.84. The van der Waals surface area contributed by atoms with Crippen LogP contribution < -0.4 is 5.32 Å². The van der Waals surface area contributed by atoms with Gasteiger partial charge in [0.15, 0.2) is 0 Å². The number of likely N-dealkylation sites (tertiary alicyclic amines) is 1. The van der Waals surface area contributed by atoms with Gasteiger partial charge in [-0.05, 0) is 59.8 Å². The molecule has 102 valence electrons. The van der Waals surface area contributed by atoms with E-state index in [0.29, 0.717) is 11.6 Å². The fourth-order valence-electron chi connectivity index (χ4n) is 2.64. The third kappa shape index (κ3) is 3.34. The van der Waals surface area contributed by atoms with Crippen molar-refractivity contribution in [3.8, 4) is 0 Å². The molecule has 5 heteroatoms. The molecular formula is C14H18BrN3O. The minimum absolute atomic E-state index is 0.0719. The standard InChI is InChI=1S/C14H18BrN3O/c15-11-1-4-13(16-8-11)14(19)17-7-10-5-6-18(9-10)12-2-3-12/h1,4,8,10,12H,2-3,5-7,9H2,(H,17,19). The summed E-state index contributed by atoms with van der Waals surface area (Å²) in [4.78, 5) is 18.6. The number of pyridine rings is 1. The molecule has 1 aromatic heterocycles. The number of hydrogen-bond acceptors (Lipinski definition) is 3. The van der Waals surface area contributed by atoms with E-state index >= 15 is 0 Å². The Morgan fingerprint density at radius 2 is 2.26 bits per heavy atom. The van der Waals surface area contributed by atoms with E-state index in [1.807, 2.05) is 6.07 Å². The largest absolute Gasteiger partial charge is 0.350 e. The summed E-state index contributed by atoms with van der Waals surface area (Å²) in [6, 6.07) is 4.42. The maximum atomic E-state index is 11.9. The van der Waals surface area contributed by atoms with Crippen LogP contribution in [0.2, 0.25) is 0 Å². The highest BCUT2D eigenvalue weighted by Gasteiger charge is 2.34. The molecule has 3 rings (SSSR count). The Labute approximate surface area is 121 Å². The molecule has 1 atom stereocenters. The number of aromatic nitrogens is 1. The third-order valence-corrected chi connectivity index (χ3v) is 4.36. The van der Waals surface area contributed by atoms with E-state index in [1.54, 1.807) is 12.3 Å². The molecule has 0 radical (unpaired) electrons. The Morgan fingerprint density at radius 3 is 2.95 bits per heavy atom. The summed E-state index contributed by atoms with van der Waals surface area (Å²) in [5, 5.41) is 3.00. The first-order valence-corrected chi connectivity index (χ1v) is 7.65. The predicted molar refractivity (Wildman–Crippen MR) is 77.0 cm³/mol. The smallest absolute Gasteiger partial charge is 0.269 e. The van der Waals surface area contributed by atoms with Gasteiger partial charge < -0.3 is 10.2 Å². The highest BCUT2D eigenvalue weighted by molar-refractivity contribution is 9.10. The summed E-state index contributed by atoms with van der Waals surface area (Å²) in [6.45, 7) is 3.10. The topological polar surface area (TPSA) is 45.2 Å². The van der Waals surface area contributed by atoms with Gasteiger partial charge in [-0.1, -0.05) is 0 Å². The highest BCUT2D eigenvalue weighted by atomic mass is 79.9. The molecule has 2 heterocycles. The van der Waals surface area contributed by atoms with E-state index in [-0.39, 0.29) is 5.91 Å². The van der Waals surface area contributed by atoms with Crippen molar-refractivity contribution in [2.24, 2.45) is 5.92 Å². The SMILES string of the molecule is O=C(NCC1CCN(C2CC2)C1)c1ccc(Br)cn1. The number of hydrogen-bond donors (Lipinski definition) is 1. The van der Waals surface area contributed by atoms with E-state index in [1.165, 1.54) is 25.8 Å². The average molecular weight is 324 g/mol. The fraction of sp³-hybridized carbons (Fsp3) is 0.571. The zero-order valence-corrected chi connectivity index (χ0v) is 12.4. The lowest BCUT2D eigenvalue weighted by molar-refractivity contribution is 0.0942. The molecule has 2 fully saturated rings. The molecule has 1 aromatic rings. The van der Waals surface area contributed by atoms with Crippen LogP contribution in [-0.4, -0.2) is 41.5 Å². The second-order valence-electron chi connectivity index (χ2n) is 5.45. The molecule has 1 aliphatic carbocycles. The molecule has 1 saturated heterocycles. The molecular weight excluding hydrogens is 306 g/mol. The van der Waals surface area contributed by atoms with E-state index in [9.17, 15) is 4.79 Å². The van der Waals surface area contributed by atoms with E-state index < -0.39 is 0 Å². The molecule has 1 unspecified atom stereocenters. The van der Waals surface area contributed by atoms with Crippen molar-refractivity contribution < 1.29 is 4.79 Å². The minimum Gasteiger partial charge on any atom is -0.350 e. The van der Waals surface area contributed by atoms with Crippen LogP contribution in [0.4, 0.5) is 0 Å². The number of amides is 1. The number of halogens is 1. The van der Waals surface area contributed by atoms with Crippen LogP contribution in [0.5, 0.6) is 0 Å². The molecule has 1 N–H and O–H groups in total. The summed E-state index contributed by atoms with van der Waals surface area (Å²) < 4.78 is 0.889. The van der Waals surface area contributed by atoms with Gasteiger partial charge in [-0.15, -0.1) is 0 Å². The van der Waals surface area contributed by atoms with Crippen molar-refractivity contribution in [3.63, 3.8) is 0 Å². The van der Waals surface area contributed by atoms with Crippen LogP contribution in [0, 0.1) is 5.92 Å². The Morgan fingerprint density at radius 1 is 1.42 bits per heavy atom. The molecule has 2 aliphatic rings. The second-order valence-corrected chi connectivity index (χ2v) is 6.37. The van der Waals surface area contributed by atoms with Gasteiger partial charge in [-0.25, -0.2) is 4.98 Å². The lowest BCUT2D eigenvalue weighted by atomic mass is 10.1. The van der Waals surface area contributed by atoms with Crippen molar-refractivity contribution in [1.82, 2.24) is 15.2 Å².